The molecule has 3 rings (SSSR count). The zero-order chi connectivity index (χ0) is 17.0. The first-order valence-corrected chi connectivity index (χ1v) is 10.3. The summed E-state index contributed by atoms with van der Waals surface area (Å²) in [5.74, 6) is 1.13. The van der Waals surface area contributed by atoms with E-state index in [-0.39, 0.29) is 5.54 Å². The Balaban J connectivity index is 2.08. The average Bonchev–Trinajstić information content (AvgIpc) is 2.78. The highest BCUT2D eigenvalue weighted by molar-refractivity contribution is 7.99. The second-order valence-electron chi connectivity index (χ2n) is 6.56. The Hall–Kier alpha value is -0.960. The number of nitrogens with one attached hydrogen (secondary N) is 1. The molecule has 0 amide bonds. The molecule has 2 atom stereocenters. The number of hydrogen-bond acceptors (Lipinski definition) is 2. The van der Waals surface area contributed by atoms with E-state index in [9.17, 15) is 0 Å². The van der Waals surface area contributed by atoms with Crippen LogP contribution in [0.1, 0.15) is 50.7 Å². The first-order valence-electron chi connectivity index (χ1n) is 8.95. The van der Waals surface area contributed by atoms with Crippen LogP contribution in [0.2, 0.25) is 5.02 Å². The van der Waals surface area contributed by atoms with Gasteiger partial charge in [0, 0.05) is 21.7 Å². The van der Waals surface area contributed by atoms with Crippen molar-refractivity contribution in [3.8, 4) is 0 Å². The molecule has 0 aromatic heterocycles. The lowest BCUT2D eigenvalue weighted by Crippen LogP contribution is -2.48. The molecule has 1 aliphatic rings. The van der Waals surface area contributed by atoms with Crippen LogP contribution in [0.3, 0.4) is 0 Å². The normalized spacial score (nSPS) is 23.5. The first kappa shape index (κ1) is 17.8. The smallest absolute Gasteiger partial charge is 0.0701 e. The van der Waals surface area contributed by atoms with Gasteiger partial charge in [0.15, 0.2) is 0 Å². The Morgan fingerprint density at radius 3 is 2.58 bits per heavy atom. The number of rotatable bonds is 5. The van der Waals surface area contributed by atoms with Gasteiger partial charge in [-0.15, -0.1) is 11.8 Å². The van der Waals surface area contributed by atoms with Crippen molar-refractivity contribution in [3.63, 3.8) is 0 Å². The first-order chi connectivity index (χ1) is 11.7. The van der Waals surface area contributed by atoms with Crippen molar-refractivity contribution in [3.05, 3.63) is 64.7 Å². The maximum atomic E-state index is 6.14. The van der Waals surface area contributed by atoms with E-state index in [2.05, 4.69) is 55.6 Å². The van der Waals surface area contributed by atoms with Gasteiger partial charge in [-0.25, -0.2) is 0 Å². The quantitative estimate of drug-likeness (QED) is 0.677. The monoisotopic (exact) mass is 359 g/mol. The summed E-state index contributed by atoms with van der Waals surface area (Å²) in [4.78, 5) is 1.40. The van der Waals surface area contributed by atoms with Gasteiger partial charge >= 0.3 is 0 Å². The van der Waals surface area contributed by atoms with Crippen LogP contribution in [0.4, 0.5) is 0 Å². The molecule has 0 spiro atoms. The summed E-state index contributed by atoms with van der Waals surface area (Å²) in [6, 6.07) is 17.8. The topological polar surface area (TPSA) is 12.0 Å². The summed E-state index contributed by atoms with van der Waals surface area (Å²) in [6.45, 7) is 4.55. The highest BCUT2D eigenvalue weighted by Gasteiger charge is 2.38. The van der Waals surface area contributed by atoms with Gasteiger partial charge in [0.25, 0.3) is 0 Å². The number of hydrogen-bond donors (Lipinski definition) is 1. The van der Waals surface area contributed by atoms with Crippen LogP contribution in [0.25, 0.3) is 0 Å². The fourth-order valence-electron chi connectivity index (χ4n) is 3.68. The standard InChI is InChI=1S/C21H26ClNS/c1-3-5-8-18-15-24-20-10-7-6-9-19(20)21(4-2,23-18)16-11-13-17(22)14-12-16/h6-7,9-14,18,23H,3-5,8,15H2,1-2H3/t18-,21-/m0/s1. The summed E-state index contributed by atoms with van der Waals surface area (Å²) in [7, 11) is 0. The SMILES string of the molecule is CCCC[C@H]1CSc2ccccc2[C@](CC)(c2ccc(Cl)cc2)N1. The van der Waals surface area contributed by atoms with E-state index in [0.717, 1.165) is 17.2 Å². The molecule has 3 heteroatoms. The summed E-state index contributed by atoms with van der Waals surface area (Å²) in [5, 5.41) is 4.84. The Morgan fingerprint density at radius 1 is 1.12 bits per heavy atom. The van der Waals surface area contributed by atoms with Crippen LogP contribution in [-0.2, 0) is 5.54 Å². The van der Waals surface area contributed by atoms with E-state index >= 15 is 0 Å². The Morgan fingerprint density at radius 2 is 1.88 bits per heavy atom. The highest BCUT2D eigenvalue weighted by Crippen LogP contribution is 2.42. The molecule has 128 valence electrons. The van der Waals surface area contributed by atoms with Gasteiger partial charge in [-0.3, -0.25) is 0 Å². The lowest BCUT2D eigenvalue weighted by molar-refractivity contribution is 0.330. The van der Waals surface area contributed by atoms with Crippen molar-refractivity contribution in [1.82, 2.24) is 5.32 Å². The molecule has 0 aliphatic carbocycles. The molecule has 2 aromatic rings. The number of benzene rings is 2. The van der Waals surface area contributed by atoms with Crippen LogP contribution in [0.15, 0.2) is 53.4 Å². The molecule has 0 saturated heterocycles. The van der Waals surface area contributed by atoms with Crippen LogP contribution in [0.5, 0.6) is 0 Å². The number of thioether (sulfide) groups is 1. The van der Waals surface area contributed by atoms with Gasteiger partial charge in [0.05, 0.1) is 5.54 Å². The third-order valence-corrected chi connectivity index (χ3v) is 6.50. The van der Waals surface area contributed by atoms with Crippen molar-refractivity contribution in [2.24, 2.45) is 0 Å². The van der Waals surface area contributed by atoms with Gasteiger partial charge in [-0.2, -0.15) is 0 Å². The molecule has 0 saturated carbocycles. The molecule has 0 radical (unpaired) electrons. The molecule has 0 unspecified atom stereocenters. The third kappa shape index (κ3) is 3.51. The Labute approximate surface area is 155 Å². The van der Waals surface area contributed by atoms with E-state index < -0.39 is 0 Å². The molecular weight excluding hydrogens is 334 g/mol. The lowest BCUT2D eigenvalue weighted by atomic mass is 9.79. The fourth-order valence-corrected chi connectivity index (χ4v) is 5.01. The molecule has 1 heterocycles. The second-order valence-corrected chi connectivity index (χ2v) is 8.05. The van der Waals surface area contributed by atoms with Crippen LogP contribution >= 0.6 is 23.4 Å². The highest BCUT2D eigenvalue weighted by atomic mass is 35.5. The van der Waals surface area contributed by atoms with Crippen molar-refractivity contribution in [2.75, 3.05) is 5.75 Å². The van der Waals surface area contributed by atoms with Crippen molar-refractivity contribution in [2.45, 2.75) is 56.0 Å². The van der Waals surface area contributed by atoms with Gasteiger partial charge < -0.3 is 5.32 Å². The molecule has 0 fully saturated rings. The predicted octanol–water partition coefficient (Wildman–Crippen LogP) is 6.25. The van der Waals surface area contributed by atoms with Crippen molar-refractivity contribution in [1.29, 1.82) is 0 Å². The number of halogens is 1. The van der Waals surface area contributed by atoms with Gasteiger partial charge in [0.2, 0.25) is 0 Å². The molecule has 1 aliphatic heterocycles. The third-order valence-electron chi connectivity index (χ3n) is 5.01. The average molecular weight is 360 g/mol. The van der Waals surface area contributed by atoms with E-state index in [4.69, 9.17) is 11.6 Å². The largest absolute Gasteiger partial charge is 0.300 e. The van der Waals surface area contributed by atoms with Crippen LogP contribution in [0, 0.1) is 0 Å². The summed E-state index contributed by atoms with van der Waals surface area (Å²) in [6.07, 6.45) is 4.77. The molecule has 24 heavy (non-hydrogen) atoms. The van der Waals surface area contributed by atoms with Crippen LogP contribution < -0.4 is 5.32 Å². The molecular formula is C21H26ClNS. The second kappa shape index (κ2) is 7.95. The Bertz CT molecular complexity index is 670. The maximum absolute atomic E-state index is 6.14. The van der Waals surface area contributed by atoms with Crippen LogP contribution in [-0.4, -0.2) is 11.8 Å². The summed E-state index contributed by atoms with van der Waals surface area (Å²) < 4.78 is 0. The van der Waals surface area contributed by atoms with E-state index in [1.54, 1.807) is 0 Å². The van der Waals surface area contributed by atoms with E-state index in [1.807, 2.05) is 23.9 Å². The minimum absolute atomic E-state index is 0.136. The van der Waals surface area contributed by atoms with E-state index in [0.29, 0.717) is 6.04 Å². The van der Waals surface area contributed by atoms with Crippen molar-refractivity contribution < 1.29 is 0 Å². The predicted molar refractivity (Wildman–Crippen MR) is 106 cm³/mol. The van der Waals surface area contributed by atoms with Gasteiger partial charge in [-0.05, 0) is 42.2 Å². The van der Waals surface area contributed by atoms with Crippen molar-refractivity contribution >= 4 is 23.4 Å². The molecule has 1 N–H and O–H groups in total. The maximum Gasteiger partial charge on any atom is 0.0701 e. The molecule has 1 nitrogen and oxygen atoms in total. The minimum Gasteiger partial charge on any atom is -0.300 e. The van der Waals surface area contributed by atoms with E-state index in [1.165, 1.54) is 35.3 Å². The fraction of sp³-hybridized carbons (Fsp3) is 0.429. The summed E-state index contributed by atoms with van der Waals surface area (Å²) in [5.41, 5.74) is 2.58. The zero-order valence-corrected chi connectivity index (χ0v) is 16.1. The van der Waals surface area contributed by atoms with Gasteiger partial charge in [0.1, 0.15) is 0 Å². The van der Waals surface area contributed by atoms with Gasteiger partial charge in [-0.1, -0.05) is 68.6 Å². The molecule has 0 bridgehead atoms. The lowest BCUT2D eigenvalue weighted by Gasteiger charge is -2.38. The summed E-state index contributed by atoms with van der Waals surface area (Å²) >= 11 is 8.14. The number of unbranched alkanes of at least 4 members (excludes halogenated alkanes) is 1. The minimum atomic E-state index is -0.136. The molecule has 2 aromatic carbocycles. The number of fused-ring (bicyclic) bond motifs is 1. The Kier molecular flexibility index (Phi) is 5.91. The zero-order valence-electron chi connectivity index (χ0n) is 14.5.